The van der Waals surface area contributed by atoms with Crippen LogP contribution in [0.3, 0.4) is 0 Å². The number of amides is 1. The first-order valence-corrected chi connectivity index (χ1v) is 5.88. The van der Waals surface area contributed by atoms with Crippen LogP contribution in [0.2, 0.25) is 0 Å². The first kappa shape index (κ1) is 13.0. The van der Waals surface area contributed by atoms with Crippen molar-refractivity contribution in [2.75, 3.05) is 13.2 Å². The molecule has 5 heteroatoms. The smallest absolute Gasteiger partial charge is 0.230 e. The van der Waals surface area contributed by atoms with Crippen molar-refractivity contribution in [3.8, 4) is 0 Å². The van der Waals surface area contributed by atoms with E-state index in [4.69, 9.17) is 10.5 Å². The number of nitrogens with one attached hydrogen (secondary N) is 1. The fourth-order valence-corrected chi connectivity index (χ4v) is 1.91. The average Bonchev–Trinajstić information content (AvgIpc) is 2.70. The number of hydrogen-bond donors (Lipinski definition) is 2. The van der Waals surface area contributed by atoms with Crippen LogP contribution in [0.25, 0.3) is 0 Å². The van der Waals surface area contributed by atoms with Gasteiger partial charge in [-0.25, -0.2) is 4.39 Å². The minimum absolute atomic E-state index is 0.128. The Kier molecular flexibility index (Phi) is 3.63. The molecule has 1 heterocycles. The largest absolute Gasteiger partial charge is 0.379 e. The second-order valence-corrected chi connectivity index (χ2v) is 4.85. The predicted molar refractivity (Wildman–Crippen MR) is 65.1 cm³/mol. The SMILES string of the molecule is CC1(C(=O)NCc2ccc(F)cc2)COCC1N. The number of carbonyl (C=O) groups excluding carboxylic acids is 1. The monoisotopic (exact) mass is 252 g/mol. The third kappa shape index (κ3) is 2.52. The minimum Gasteiger partial charge on any atom is -0.379 e. The van der Waals surface area contributed by atoms with Gasteiger partial charge in [-0.05, 0) is 24.6 Å². The lowest BCUT2D eigenvalue weighted by molar-refractivity contribution is -0.130. The van der Waals surface area contributed by atoms with Crippen LogP contribution in [0.15, 0.2) is 24.3 Å². The summed E-state index contributed by atoms with van der Waals surface area (Å²) in [5.41, 5.74) is 6.04. The van der Waals surface area contributed by atoms with Crippen LogP contribution in [0, 0.1) is 11.2 Å². The van der Waals surface area contributed by atoms with Gasteiger partial charge in [0, 0.05) is 12.6 Å². The van der Waals surface area contributed by atoms with Crippen molar-refractivity contribution in [2.24, 2.45) is 11.1 Å². The maximum Gasteiger partial charge on any atom is 0.230 e. The van der Waals surface area contributed by atoms with Gasteiger partial charge in [0.05, 0.1) is 18.6 Å². The van der Waals surface area contributed by atoms with E-state index >= 15 is 0 Å². The van der Waals surface area contributed by atoms with E-state index < -0.39 is 5.41 Å². The molecule has 2 rings (SSSR count). The number of rotatable bonds is 3. The van der Waals surface area contributed by atoms with Gasteiger partial charge in [0.2, 0.25) is 5.91 Å². The molecular formula is C13H17FN2O2. The lowest BCUT2D eigenvalue weighted by Gasteiger charge is -2.25. The van der Waals surface area contributed by atoms with Crippen molar-refractivity contribution >= 4 is 5.91 Å². The van der Waals surface area contributed by atoms with Crippen LogP contribution in [-0.2, 0) is 16.1 Å². The molecule has 3 N–H and O–H groups in total. The highest BCUT2D eigenvalue weighted by Gasteiger charge is 2.44. The third-order valence-electron chi connectivity index (χ3n) is 3.40. The molecule has 1 saturated heterocycles. The summed E-state index contributed by atoms with van der Waals surface area (Å²) in [4.78, 5) is 12.1. The maximum absolute atomic E-state index is 12.7. The fraction of sp³-hybridized carbons (Fsp3) is 0.462. The number of nitrogens with two attached hydrogens (primary N) is 1. The van der Waals surface area contributed by atoms with E-state index in [1.165, 1.54) is 12.1 Å². The van der Waals surface area contributed by atoms with Gasteiger partial charge in [-0.2, -0.15) is 0 Å². The van der Waals surface area contributed by atoms with Gasteiger partial charge < -0.3 is 15.8 Å². The summed E-state index contributed by atoms with van der Waals surface area (Å²) >= 11 is 0. The Bertz CT molecular complexity index is 435. The maximum atomic E-state index is 12.7. The van der Waals surface area contributed by atoms with Crippen molar-refractivity contribution in [3.63, 3.8) is 0 Å². The van der Waals surface area contributed by atoms with E-state index in [9.17, 15) is 9.18 Å². The van der Waals surface area contributed by atoms with Crippen molar-refractivity contribution in [3.05, 3.63) is 35.6 Å². The number of hydrogen-bond acceptors (Lipinski definition) is 3. The zero-order valence-corrected chi connectivity index (χ0v) is 10.3. The lowest BCUT2D eigenvalue weighted by atomic mass is 9.85. The second-order valence-electron chi connectivity index (χ2n) is 4.85. The Balaban J connectivity index is 1.94. The summed E-state index contributed by atoms with van der Waals surface area (Å²) < 4.78 is 17.9. The van der Waals surface area contributed by atoms with E-state index in [-0.39, 0.29) is 17.8 Å². The van der Waals surface area contributed by atoms with Gasteiger partial charge >= 0.3 is 0 Å². The first-order chi connectivity index (χ1) is 8.52. The zero-order chi connectivity index (χ0) is 13.2. The molecule has 0 radical (unpaired) electrons. The number of ether oxygens (including phenoxy) is 1. The highest BCUT2D eigenvalue weighted by Crippen LogP contribution is 2.27. The number of halogens is 1. The molecule has 2 unspecified atom stereocenters. The molecule has 1 amide bonds. The van der Waals surface area contributed by atoms with Crippen LogP contribution in [0.5, 0.6) is 0 Å². The van der Waals surface area contributed by atoms with Crippen LogP contribution in [0.4, 0.5) is 4.39 Å². The van der Waals surface area contributed by atoms with Gasteiger partial charge in [-0.15, -0.1) is 0 Å². The van der Waals surface area contributed by atoms with E-state index in [2.05, 4.69) is 5.32 Å². The summed E-state index contributed by atoms with van der Waals surface area (Å²) in [6.07, 6.45) is 0. The Morgan fingerprint density at radius 1 is 1.56 bits per heavy atom. The third-order valence-corrected chi connectivity index (χ3v) is 3.40. The van der Waals surface area contributed by atoms with Crippen molar-refractivity contribution in [1.82, 2.24) is 5.32 Å². The Morgan fingerprint density at radius 3 is 2.78 bits per heavy atom. The molecule has 1 aromatic rings. The predicted octanol–water partition coefficient (Wildman–Crippen LogP) is 0.806. The highest BCUT2D eigenvalue weighted by molar-refractivity contribution is 5.83. The Hall–Kier alpha value is -1.46. The normalized spacial score (nSPS) is 27.2. The summed E-state index contributed by atoms with van der Waals surface area (Å²) in [5, 5.41) is 2.81. The van der Waals surface area contributed by atoms with Gasteiger partial charge in [-0.1, -0.05) is 12.1 Å². The molecule has 0 bridgehead atoms. The molecule has 98 valence electrons. The first-order valence-electron chi connectivity index (χ1n) is 5.88. The van der Waals surface area contributed by atoms with Crippen LogP contribution in [0.1, 0.15) is 12.5 Å². The molecule has 18 heavy (non-hydrogen) atoms. The molecule has 1 aliphatic rings. The van der Waals surface area contributed by atoms with Crippen molar-refractivity contribution < 1.29 is 13.9 Å². The van der Waals surface area contributed by atoms with Crippen molar-refractivity contribution in [1.29, 1.82) is 0 Å². The molecule has 0 spiro atoms. The van der Waals surface area contributed by atoms with Crippen LogP contribution < -0.4 is 11.1 Å². The Labute approximate surface area is 105 Å². The molecular weight excluding hydrogens is 235 g/mol. The van der Waals surface area contributed by atoms with Crippen LogP contribution in [-0.4, -0.2) is 25.2 Å². The van der Waals surface area contributed by atoms with E-state index in [0.717, 1.165) is 5.56 Å². The summed E-state index contributed by atoms with van der Waals surface area (Å²) in [6.45, 7) is 2.90. The molecule has 0 saturated carbocycles. The van der Waals surface area contributed by atoms with Gasteiger partial charge in [0.1, 0.15) is 5.82 Å². The Morgan fingerprint density at radius 2 is 2.22 bits per heavy atom. The number of benzene rings is 1. The van der Waals surface area contributed by atoms with Crippen molar-refractivity contribution in [2.45, 2.75) is 19.5 Å². The minimum atomic E-state index is -0.681. The standard InChI is InChI=1S/C13H17FN2O2/c1-13(8-18-7-11(13)15)12(17)16-6-9-2-4-10(14)5-3-9/h2-5,11H,6-8,15H2,1H3,(H,16,17). The quantitative estimate of drug-likeness (QED) is 0.836. The molecule has 0 aromatic heterocycles. The van der Waals surface area contributed by atoms with E-state index in [1.807, 2.05) is 0 Å². The van der Waals surface area contributed by atoms with Gasteiger partial charge in [0.25, 0.3) is 0 Å². The summed E-state index contributed by atoms with van der Waals surface area (Å²) in [6, 6.07) is 5.73. The summed E-state index contributed by atoms with van der Waals surface area (Å²) in [5.74, 6) is -0.417. The molecule has 1 aromatic carbocycles. The molecule has 2 atom stereocenters. The lowest BCUT2D eigenvalue weighted by Crippen LogP contribution is -2.49. The molecule has 4 nitrogen and oxygen atoms in total. The topological polar surface area (TPSA) is 64.3 Å². The molecule has 1 fully saturated rings. The van der Waals surface area contributed by atoms with Gasteiger partial charge in [0.15, 0.2) is 0 Å². The molecule has 0 aliphatic carbocycles. The van der Waals surface area contributed by atoms with Crippen LogP contribution >= 0.6 is 0 Å². The zero-order valence-electron chi connectivity index (χ0n) is 10.3. The molecule has 1 aliphatic heterocycles. The summed E-state index contributed by atoms with van der Waals surface area (Å²) in [7, 11) is 0. The highest BCUT2D eigenvalue weighted by atomic mass is 19.1. The van der Waals surface area contributed by atoms with E-state index in [1.54, 1.807) is 19.1 Å². The van der Waals surface area contributed by atoms with E-state index in [0.29, 0.717) is 19.8 Å². The van der Waals surface area contributed by atoms with Gasteiger partial charge in [-0.3, -0.25) is 4.79 Å². The fourth-order valence-electron chi connectivity index (χ4n) is 1.91. The number of carbonyl (C=O) groups is 1. The second kappa shape index (κ2) is 5.04. The average molecular weight is 252 g/mol.